The second kappa shape index (κ2) is 2.48. The minimum Gasteiger partial charge on any atom is -0.507 e. The van der Waals surface area contributed by atoms with Crippen molar-refractivity contribution in [1.29, 1.82) is 0 Å². The van der Waals surface area contributed by atoms with Crippen LogP contribution in [-0.2, 0) is 4.79 Å². The zero-order valence-corrected chi connectivity index (χ0v) is 6.45. The number of carbonyl (C=O) groups is 1. The normalized spacial score (nSPS) is 14.7. The van der Waals surface area contributed by atoms with Crippen molar-refractivity contribution < 1.29 is 9.90 Å². The average molecular weight is 160 g/mol. The van der Waals surface area contributed by atoms with Crippen molar-refractivity contribution in [1.82, 2.24) is 0 Å². The van der Waals surface area contributed by atoms with Crippen molar-refractivity contribution in [3.05, 3.63) is 35.4 Å². The average Bonchev–Trinajstić information content (AvgIpc) is 2.84. The number of para-hydroxylation sites is 1. The molecule has 0 spiro atoms. The van der Waals surface area contributed by atoms with E-state index in [9.17, 15) is 9.90 Å². The maximum atomic E-state index is 10.3. The number of phenolic OH excluding ortho intramolecular Hbond substituents is 1. The van der Waals surface area contributed by atoms with Gasteiger partial charge in [-0.3, -0.25) is 4.79 Å². The summed E-state index contributed by atoms with van der Waals surface area (Å²) in [7, 11) is 0. The lowest BCUT2D eigenvalue weighted by Crippen LogP contribution is -1.73. The van der Waals surface area contributed by atoms with Gasteiger partial charge in [0.2, 0.25) is 0 Å². The Hall–Kier alpha value is -1.57. The molecule has 1 aliphatic rings. The van der Waals surface area contributed by atoms with E-state index in [0.29, 0.717) is 0 Å². The molecule has 0 heterocycles. The largest absolute Gasteiger partial charge is 0.507 e. The van der Waals surface area contributed by atoms with Gasteiger partial charge < -0.3 is 5.11 Å². The molecule has 2 rings (SSSR count). The Morgan fingerprint density at radius 1 is 1.33 bits per heavy atom. The predicted molar refractivity (Wildman–Crippen MR) is 45.7 cm³/mol. The van der Waals surface area contributed by atoms with Gasteiger partial charge in [0.1, 0.15) is 12.0 Å². The molecule has 0 fully saturated rings. The van der Waals surface area contributed by atoms with Gasteiger partial charge in [-0.05, 0) is 11.6 Å². The van der Waals surface area contributed by atoms with Crippen LogP contribution in [0, 0.1) is 0 Å². The molecule has 0 unspecified atom stereocenters. The third-order valence-corrected chi connectivity index (χ3v) is 2.00. The first-order valence-corrected chi connectivity index (χ1v) is 3.78. The zero-order valence-electron chi connectivity index (χ0n) is 6.45. The first-order valence-electron chi connectivity index (χ1n) is 3.78. The zero-order chi connectivity index (χ0) is 8.55. The molecule has 2 nitrogen and oxygen atoms in total. The lowest BCUT2D eigenvalue weighted by atomic mass is 10.1. The van der Waals surface area contributed by atoms with Crippen LogP contribution in [0.25, 0.3) is 5.57 Å². The summed E-state index contributed by atoms with van der Waals surface area (Å²) in [4.78, 5) is 10.3. The monoisotopic (exact) mass is 160 g/mol. The van der Waals surface area contributed by atoms with Crippen molar-refractivity contribution in [2.75, 3.05) is 0 Å². The van der Waals surface area contributed by atoms with E-state index >= 15 is 0 Å². The molecule has 0 amide bonds. The number of hydrogen-bond acceptors (Lipinski definition) is 2. The third-order valence-electron chi connectivity index (χ3n) is 2.00. The van der Waals surface area contributed by atoms with Crippen LogP contribution in [0.2, 0.25) is 0 Å². The molecule has 1 aliphatic carbocycles. The molecule has 0 saturated carbocycles. The lowest BCUT2D eigenvalue weighted by molar-refractivity contribution is -0.104. The summed E-state index contributed by atoms with van der Waals surface area (Å²) in [5.41, 5.74) is 2.57. The molecule has 0 bridgehead atoms. The molecule has 12 heavy (non-hydrogen) atoms. The van der Waals surface area contributed by atoms with Crippen LogP contribution in [0.5, 0.6) is 5.75 Å². The molecule has 1 N–H and O–H groups in total. The minimum atomic E-state index is 0.254. The Morgan fingerprint density at radius 3 is 2.67 bits per heavy atom. The van der Waals surface area contributed by atoms with Crippen LogP contribution < -0.4 is 0 Å². The van der Waals surface area contributed by atoms with Crippen LogP contribution in [0.3, 0.4) is 0 Å². The van der Waals surface area contributed by atoms with E-state index in [1.54, 1.807) is 12.1 Å². The van der Waals surface area contributed by atoms with E-state index in [2.05, 4.69) is 0 Å². The Bertz CT molecular complexity index is 364. The molecule has 0 atom stereocenters. The number of carbonyl (C=O) groups excluding carboxylic acids is 1. The molecule has 1 aromatic carbocycles. The Kier molecular flexibility index (Phi) is 1.47. The Labute approximate surface area is 70.2 Å². The second-order valence-corrected chi connectivity index (χ2v) is 2.82. The number of hydrogen-bond donors (Lipinski definition) is 1. The van der Waals surface area contributed by atoms with Crippen molar-refractivity contribution in [2.45, 2.75) is 6.42 Å². The fraction of sp³-hybridized carbons (Fsp3) is 0.100. The molecule has 2 heteroatoms. The molecule has 0 aromatic heterocycles. The molecular formula is C10H8O2. The van der Waals surface area contributed by atoms with Gasteiger partial charge in [0.05, 0.1) is 0 Å². The lowest BCUT2D eigenvalue weighted by Gasteiger charge is -1.96. The first kappa shape index (κ1) is 7.10. The molecule has 60 valence electrons. The predicted octanol–water partition coefficient (Wildman–Crippen LogP) is 1.75. The fourth-order valence-corrected chi connectivity index (χ4v) is 1.26. The van der Waals surface area contributed by atoms with E-state index in [1.807, 2.05) is 12.1 Å². The summed E-state index contributed by atoms with van der Waals surface area (Å²) >= 11 is 0. The molecule has 0 radical (unpaired) electrons. The summed E-state index contributed by atoms with van der Waals surface area (Å²) in [6, 6.07) is 7.06. The van der Waals surface area contributed by atoms with Gasteiger partial charge in [-0.1, -0.05) is 18.2 Å². The fourth-order valence-electron chi connectivity index (χ4n) is 1.26. The summed E-state index contributed by atoms with van der Waals surface area (Å²) in [5, 5.41) is 9.38. The summed E-state index contributed by atoms with van der Waals surface area (Å²) < 4.78 is 0. The minimum absolute atomic E-state index is 0.254. The standard InChI is InChI=1S/C10H8O2/c11-6-7-5-9(7)8-3-1-2-4-10(8)12/h1-4,6,12H,5H2. The van der Waals surface area contributed by atoms with Gasteiger partial charge >= 0.3 is 0 Å². The Morgan fingerprint density at radius 2 is 2.08 bits per heavy atom. The maximum Gasteiger partial charge on any atom is 0.146 e. The molecule has 0 saturated heterocycles. The van der Waals surface area contributed by atoms with E-state index in [0.717, 1.165) is 29.4 Å². The Balaban J connectivity index is 2.43. The second-order valence-electron chi connectivity index (χ2n) is 2.82. The number of benzene rings is 1. The quantitative estimate of drug-likeness (QED) is 0.669. The number of aromatic hydroxyl groups is 1. The van der Waals surface area contributed by atoms with Gasteiger partial charge in [-0.2, -0.15) is 0 Å². The third kappa shape index (κ3) is 1.01. The van der Waals surface area contributed by atoms with Gasteiger partial charge in [-0.15, -0.1) is 0 Å². The molecule has 1 aromatic rings. The number of phenols is 1. The van der Waals surface area contributed by atoms with Crippen molar-refractivity contribution in [3.63, 3.8) is 0 Å². The van der Waals surface area contributed by atoms with Crippen LogP contribution in [0.1, 0.15) is 12.0 Å². The highest BCUT2D eigenvalue weighted by Crippen LogP contribution is 2.41. The summed E-state index contributed by atoms with van der Waals surface area (Å²) in [5.74, 6) is 0.254. The van der Waals surface area contributed by atoms with Gasteiger partial charge in [0.15, 0.2) is 0 Å². The SMILES string of the molecule is O=CC1=C(c2ccccc2O)C1. The van der Waals surface area contributed by atoms with Crippen LogP contribution in [0.15, 0.2) is 29.8 Å². The first-order chi connectivity index (χ1) is 5.83. The maximum absolute atomic E-state index is 10.3. The van der Waals surface area contributed by atoms with Crippen LogP contribution in [-0.4, -0.2) is 11.4 Å². The highest BCUT2D eigenvalue weighted by Gasteiger charge is 2.23. The van der Waals surface area contributed by atoms with Crippen LogP contribution in [0.4, 0.5) is 0 Å². The van der Waals surface area contributed by atoms with E-state index in [1.165, 1.54) is 0 Å². The number of allylic oxidation sites excluding steroid dienone is 2. The van der Waals surface area contributed by atoms with E-state index in [-0.39, 0.29) is 5.75 Å². The van der Waals surface area contributed by atoms with Gasteiger partial charge in [0.25, 0.3) is 0 Å². The highest BCUT2D eigenvalue weighted by atomic mass is 16.3. The van der Waals surface area contributed by atoms with Crippen molar-refractivity contribution in [3.8, 4) is 5.75 Å². The molecule has 0 aliphatic heterocycles. The van der Waals surface area contributed by atoms with E-state index < -0.39 is 0 Å². The highest BCUT2D eigenvalue weighted by molar-refractivity contribution is 6.02. The van der Waals surface area contributed by atoms with Crippen molar-refractivity contribution >= 4 is 11.9 Å². The summed E-state index contributed by atoms with van der Waals surface area (Å²) in [6.07, 6.45) is 1.57. The summed E-state index contributed by atoms with van der Waals surface area (Å²) in [6.45, 7) is 0. The van der Waals surface area contributed by atoms with Crippen LogP contribution >= 0.6 is 0 Å². The molecular weight excluding hydrogens is 152 g/mol. The van der Waals surface area contributed by atoms with Gasteiger partial charge in [-0.25, -0.2) is 0 Å². The van der Waals surface area contributed by atoms with E-state index in [4.69, 9.17) is 0 Å². The number of aldehydes is 1. The van der Waals surface area contributed by atoms with Crippen molar-refractivity contribution in [2.24, 2.45) is 0 Å². The van der Waals surface area contributed by atoms with Gasteiger partial charge in [0, 0.05) is 17.6 Å². The topological polar surface area (TPSA) is 37.3 Å². The smallest absolute Gasteiger partial charge is 0.146 e. The number of rotatable bonds is 2.